The van der Waals surface area contributed by atoms with Crippen molar-refractivity contribution in [3.8, 4) is 0 Å². The minimum Gasteiger partial charge on any atom is -0.394 e. The number of rotatable bonds is 6. The largest absolute Gasteiger partial charge is 0.394 e. The van der Waals surface area contributed by atoms with Gasteiger partial charge in [-0.05, 0) is 18.6 Å². The van der Waals surface area contributed by atoms with Crippen molar-refractivity contribution in [2.75, 3.05) is 20.3 Å². The molecule has 0 heterocycles. The Balaban J connectivity index is 2.98. The zero-order valence-corrected chi connectivity index (χ0v) is 10.8. The molecule has 19 heavy (non-hydrogen) atoms. The second-order valence-electron chi connectivity index (χ2n) is 4.09. The van der Waals surface area contributed by atoms with Crippen LogP contribution in [0.3, 0.4) is 0 Å². The molecule has 1 unspecified atom stereocenters. The molecule has 0 aliphatic heterocycles. The smallest absolute Gasteiger partial charge is 0.282 e. The quantitative estimate of drug-likeness (QED) is 0.582. The lowest BCUT2D eigenvalue weighted by Crippen LogP contribution is -2.40. The third kappa shape index (κ3) is 4.01. The van der Waals surface area contributed by atoms with E-state index >= 15 is 0 Å². The maximum atomic E-state index is 12.0. The molecule has 1 aromatic rings. The Morgan fingerprint density at radius 2 is 2.26 bits per heavy atom. The van der Waals surface area contributed by atoms with Crippen molar-refractivity contribution in [2.45, 2.75) is 13.0 Å². The van der Waals surface area contributed by atoms with Crippen molar-refractivity contribution in [3.05, 3.63) is 39.4 Å². The highest BCUT2D eigenvalue weighted by Crippen LogP contribution is 2.19. The SMILES string of the molecule is COCC(CO)NC(=O)c1cc(C)ccc1[N+](=O)[O-]. The summed E-state index contributed by atoms with van der Waals surface area (Å²) in [6.45, 7) is 1.56. The second-order valence-corrected chi connectivity index (χ2v) is 4.09. The molecule has 1 rings (SSSR count). The zero-order valence-electron chi connectivity index (χ0n) is 10.8. The number of aliphatic hydroxyl groups excluding tert-OH is 1. The van der Waals surface area contributed by atoms with Gasteiger partial charge in [-0.25, -0.2) is 0 Å². The Morgan fingerprint density at radius 3 is 2.79 bits per heavy atom. The molecule has 7 nitrogen and oxygen atoms in total. The molecule has 7 heteroatoms. The van der Waals surface area contributed by atoms with Gasteiger partial charge in [0, 0.05) is 13.2 Å². The number of hydrogen-bond donors (Lipinski definition) is 2. The molecule has 0 aliphatic rings. The van der Waals surface area contributed by atoms with Crippen molar-refractivity contribution in [3.63, 3.8) is 0 Å². The average molecular weight is 268 g/mol. The first-order valence-corrected chi connectivity index (χ1v) is 5.65. The van der Waals surface area contributed by atoms with E-state index < -0.39 is 16.9 Å². The summed E-state index contributed by atoms with van der Waals surface area (Å²) in [7, 11) is 1.43. The summed E-state index contributed by atoms with van der Waals surface area (Å²) in [5, 5.41) is 22.4. The van der Waals surface area contributed by atoms with Crippen LogP contribution in [0.2, 0.25) is 0 Å². The highest BCUT2D eigenvalue weighted by molar-refractivity contribution is 5.98. The number of nitro benzene ring substituents is 1. The maximum Gasteiger partial charge on any atom is 0.282 e. The zero-order chi connectivity index (χ0) is 14.4. The molecule has 0 aliphatic carbocycles. The Morgan fingerprint density at radius 1 is 1.58 bits per heavy atom. The van der Waals surface area contributed by atoms with Crippen LogP contribution >= 0.6 is 0 Å². The van der Waals surface area contributed by atoms with E-state index in [0.717, 1.165) is 5.56 Å². The van der Waals surface area contributed by atoms with Gasteiger partial charge in [0.2, 0.25) is 0 Å². The normalized spacial score (nSPS) is 11.9. The van der Waals surface area contributed by atoms with E-state index in [1.54, 1.807) is 13.0 Å². The van der Waals surface area contributed by atoms with E-state index in [1.165, 1.54) is 19.2 Å². The number of nitro groups is 1. The second kappa shape index (κ2) is 6.81. The Bertz CT molecular complexity index is 475. The molecule has 1 aromatic carbocycles. The van der Waals surface area contributed by atoms with Gasteiger partial charge in [0.05, 0.1) is 24.2 Å². The summed E-state index contributed by atoms with van der Waals surface area (Å²) in [5.41, 5.74) is 0.444. The lowest BCUT2D eigenvalue weighted by Gasteiger charge is -2.15. The van der Waals surface area contributed by atoms with Crippen LogP contribution < -0.4 is 5.32 Å². The molecule has 1 amide bonds. The van der Waals surface area contributed by atoms with Crippen LogP contribution in [0.1, 0.15) is 15.9 Å². The lowest BCUT2D eigenvalue weighted by molar-refractivity contribution is -0.385. The van der Waals surface area contributed by atoms with Crippen molar-refractivity contribution < 1.29 is 19.6 Å². The van der Waals surface area contributed by atoms with Crippen molar-refractivity contribution in [1.29, 1.82) is 0 Å². The van der Waals surface area contributed by atoms with E-state index in [4.69, 9.17) is 9.84 Å². The average Bonchev–Trinajstić information content (AvgIpc) is 2.37. The van der Waals surface area contributed by atoms with E-state index in [2.05, 4.69) is 5.32 Å². The van der Waals surface area contributed by atoms with Crippen LogP contribution in [-0.2, 0) is 4.74 Å². The van der Waals surface area contributed by atoms with Crippen LogP contribution in [0.25, 0.3) is 0 Å². The number of nitrogens with one attached hydrogen (secondary N) is 1. The number of amides is 1. The number of carbonyl (C=O) groups is 1. The molecule has 0 fully saturated rings. The Kier molecular flexibility index (Phi) is 5.40. The van der Waals surface area contributed by atoms with Crippen LogP contribution in [0.5, 0.6) is 0 Å². The summed E-state index contributed by atoms with van der Waals surface area (Å²) in [6.07, 6.45) is 0. The molecule has 0 bridgehead atoms. The van der Waals surface area contributed by atoms with Crippen LogP contribution in [0.15, 0.2) is 18.2 Å². The first-order chi connectivity index (χ1) is 8.99. The molecular formula is C12H16N2O5. The lowest BCUT2D eigenvalue weighted by atomic mass is 10.1. The summed E-state index contributed by atoms with van der Waals surface area (Å²) >= 11 is 0. The number of aryl methyl sites for hydroxylation is 1. The van der Waals surface area contributed by atoms with Gasteiger partial charge in [0.15, 0.2) is 0 Å². The molecule has 1 atom stereocenters. The molecule has 104 valence electrons. The first-order valence-electron chi connectivity index (χ1n) is 5.65. The van der Waals surface area contributed by atoms with E-state index in [0.29, 0.717) is 0 Å². The topological polar surface area (TPSA) is 102 Å². The van der Waals surface area contributed by atoms with Crippen molar-refractivity contribution in [2.24, 2.45) is 0 Å². The Labute approximate surface area is 110 Å². The third-order valence-corrected chi connectivity index (χ3v) is 2.52. The summed E-state index contributed by atoms with van der Waals surface area (Å²) in [4.78, 5) is 22.2. The molecule has 0 spiro atoms. The molecular weight excluding hydrogens is 252 g/mol. The van der Waals surface area contributed by atoms with Gasteiger partial charge in [-0.3, -0.25) is 14.9 Å². The molecule has 0 aromatic heterocycles. The van der Waals surface area contributed by atoms with Gasteiger partial charge in [0.25, 0.3) is 11.6 Å². The van der Waals surface area contributed by atoms with Crippen LogP contribution in [0, 0.1) is 17.0 Å². The predicted molar refractivity (Wildman–Crippen MR) is 68.0 cm³/mol. The fourth-order valence-electron chi connectivity index (χ4n) is 1.60. The van der Waals surface area contributed by atoms with Crippen LogP contribution in [-0.4, -0.2) is 42.3 Å². The number of ether oxygens (including phenoxy) is 1. The highest BCUT2D eigenvalue weighted by Gasteiger charge is 2.22. The van der Waals surface area contributed by atoms with Gasteiger partial charge >= 0.3 is 0 Å². The van der Waals surface area contributed by atoms with E-state index in [9.17, 15) is 14.9 Å². The minimum absolute atomic E-state index is 0.0282. The highest BCUT2D eigenvalue weighted by atomic mass is 16.6. The summed E-state index contributed by atoms with van der Waals surface area (Å²) in [6, 6.07) is 3.69. The summed E-state index contributed by atoms with van der Waals surface area (Å²) in [5.74, 6) is -0.605. The molecule has 0 radical (unpaired) electrons. The van der Waals surface area contributed by atoms with Gasteiger partial charge in [-0.2, -0.15) is 0 Å². The van der Waals surface area contributed by atoms with E-state index in [1.807, 2.05) is 0 Å². The van der Waals surface area contributed by atoms with Crippen LogP contribution in [0.4, 0.5) is 5.69 Å². The third-order valence-electron chi connectivity index (χ3n) is 2.52. The van der Waals surface area contributed by atoms with Gasteiger partial charge in [-0.15, -0.1) is 0 Å². The first kappa shape index (κ1) is 15.1. The number of methoxy groups -OCH3 is 1. The number of nitrogens with zero attached hydrogens (tertiary/aromatic N) is 1. The molecule has 0 saturated carbocycles. The maximum absolute atomic E-state index is 12.0. The fourth-order valence-corrected chi connectivity index (χ4v) is 1.60. The molecule has 0 saturated heterocycles. The monoisotopic (exact) mass is 268 g/mol. The number of benzene rings is 1. The fraction of sp³-hybridized carbons (Fsp3) is 0.417. The van der Waals surface area contributed by atoms with Crippen molar-refractivity contribution in [1.82, 2.24) is 5.32 Å². The number of aliphatic hydroxyl groups is 1. The summed E-state index contributed by atoms with van der Waals surface area (Å²) < 4.78 is 4.82. The number of hydrogen-bond acceptors (Lipinski definition) is 5. The van der Waals surface area contributed by atoms with Crippen molar-refractivity contribution >= 4 is 11.6 Å². The molecule has 2 N–H and O–H groups in total. The van der Waals surface area contributed by atoms with E-state index in [-0.39, 0.29) is 24.5 Å². The van der Waals surface area contributed by atoms with Gasteiger partial charge in [-0.1, -0.05) is 6.07 Å². The minimum atomic E-state index is -0.612. The number of carbonyl (C=O) groups excluding carboxylic acids is 1. The van der Waals surface area contributed by atoms with Gasteiger partial charge < -0.3 is 15.2 Å². The van der Waals surface area contributed by atoms with Gasteiger partial charge in [0.1, 0.15) is 5.56 Å². The standard InChI is InChI=1S/C12H16N2O5/c1-8-3-4-11(14(17)18)10(5-8)12(16)13-9(6-15)7-19-2/h3-5,9,15H,6-7H2,1-2H3,(H,13,16). The Hall–Kier alpha value is -1.99. The predicted octanol–water partition coefficient (Wildman–Crippen LogP) is 0.640.